The predicted octanol–water partition coefficient (Wildman–Crippen LogP) is 4.00. The summed E-state index contributed by atoms with van der Waals surface area (Å²) in [7, 11) is -3.78. The van der Waals surface area contributed by atoms with Gasteiger partial charge in [-0.15, -0.1) is 0 Å². The average molecular weight is 477 g/mol. The molecule has 0 saturated heterocycles. The summed E-state index contributed by atoms with van der Waals surface area (Å²) >= 11 is 3.20. The van der Waals surface area contributed by atoms with Crippen molar-refractivity contribution in [1.29, 1.82) is 0 Å². The molecule has 0 aromatic heterocycles. The maximum absolute atomic E-state index is 13.4. The lowest BCUT2D eigenvalue weighted by Gasteiger charge is -2.10. The van der Waals surface area contributed by atoms with Gasteiger partial charge in [-0.3, -0.25) is 4.79 Å². The number of hydrogen-bond donors (Lipinski definition) is 2. The highest BCUT2D eigenvalue weighted by Gasteiger charge is 2.16. The van der Waals surface area contributed by atoms with Crippen LogP contribution in [0, 0.1) is 5.82 Å². The molecule has 8 heteroatoms. The van der Waals surface area contributed by atoms with Gasteiger partial charge in [0.25, 0.3) is 5.91 Å². The smallest absolute Gasteiger partial charge is 0.251 e. The lowest BCUT2D eigenvalue weighted by atomic mass is 10.2. The molecule has 0 unspecified atom stereocenters. The van der Waals surface area contributed by atoms with Crippen LogP contribution in [0.4, 0.5) is 4.39 Å². The van der Waals surface area contributed by atoms with E-state index >= 15 is 0 Å². The van der Waals surface area contributed by atoms with Gasteiger partial charge in [-0.2, -0.15) is 0 Å². The first-order valence-electron chi connectivity index (χ1n) is 8.70. The molecule has 5 nitrogen and oxygen atoms in total. The molecule has 0 heterocycles. The molecule has 0 aliphatic rings. The molecule has 0 radical (unpaired) electrons. The summed E-state index contributed by atoms with van der Waals surface area (Å²) in [6.07, 6.45) is 0. The molecular formula is C21H18BrFN2O3S. The van der Waals surface area contributed by atoms with Gasteiger partial charge in [0.15, 0.2) is 0 Å². The summed E-state index contributed by atoms with van der Waals surface area (Å²) in [5.41, 5.74) is 1.60. The number of carbonyl (C=O) groups is 1. The third-order valence-electron chi connectivity index (χ3n) is 4.09. The van der Waals surface area contributed by atoms with E-state index in [2.05, 4.69) is 26.0 Å². The molecular weight excluding hydrogens is 459 g/mol. The summed E-state index contributed by atoms with van der Waals surface area (Å²) in [6.45, 7) is 0.256. The van der Waals surface area contributed by atoms with E-state index in [9.17, 15) is 17.6 Å². The number of rotatable bonds is 7. The number of benzene rings is 3. The van der Waals surface area contributed by atoms with Crippen molar-refractivity contribution in [2.45, 2.75) is 18.0 Å². The molecule has 3 aromatic carbocycles. The van der Waals surface area contributed by atoms with Crippen LogP contribution in [0.5, 0.6) is 0 Å². The molecule has 0 saturated carbocycles. The molecule has 0 fully saturated rings. The van der Waals surface area contributed by atoms with Crippen molar-refractivity contribution in [2.24, 2.45) is 0 Å². The third kappa shape index (κ3) is 5.96. The Kier molecular flexibility index (Phi) is 6.79. The standard InChI is InChI=1S/C21H18BrFN2O3S/c22-18-9-16(10-19(23)12-18)13-24-21(26)17-7-4-8-20(11-17)29(27,28)25-14-15-5-2-1-3-6-15/h1-12,25H,13-14H2,(H,24,26). The Labute approximate surface area is 177 Å². The Morgan fingerprint density at radius 3 is 2.38 bits per heavy atom. The van der Waals surface area contributed by atoms with Crippen LogP contribution in [-0.2, 0) is 23.1 Å². The molecule has 29 heavy (non-hydrogen) atoms. The van der Waals surface area contributed by atoms with Gasteiger partial charge >= 0.3 is 0 Å². The number of carbonyl (C=O) groups excluding carboxylic acids is 1. The highest BCUT2D eigenvalue weighted by molar-refractivity contribution is 9.10. The molecule has 0 atom stereocenters. The summed E-state index contributed by atoms with van der Waals surface area (Å²) in [5, 5.41) is 2.66. The van der Waals surface area contributed by atoms with Crippen molar-refractivity contribution >= 4 is 31.9 Å². The quantitative estimate of drug-likeness (QED) is 0.541. The lowest BCUT2D eigenvalue weighted by Crippen LogP contribution is -2.25. The molecule has 1 amide bonds. The van der Waals surface area contributed by atoms with Gasteiger partial charge in [-0.1, -0.05) is 52.3 Å². The van der Waals surface area contributed by atoms with Gasteiger partial charge in [0.2, 0.25) is 10.0 Å². The maximum atomic E-state index is 13.4. The normalized spacial score (nSPS) is 11.2. The Morgan fingerprint density at radius 1 is 0.897 bits per heavy atom. The number of sulfonamides is 1. The summed E-state index contributed by atoms with van der Waals surface area (Å²) in [5.74, 6) is -0.869. The van der Waals surface area contributed by atoms with E-state index < -0.39 is 21.7 Å². The van der Waals surface area contributed by atoms with E-state index in [1.54, 1.807) is 6.07 Å². The first-order chi connectivity index (χ1) is 13.8. The van der Waals surface area contributed by atoms with Crippen molar-refractivity contribution < 1.29 is 17.6 Å². The minimum atomic E-state index is -3.78. The van der Waals surface area contributed by atoms with E-state index in [0.717, 1.165) is 5.56 Å². The lowest BCUT2D eigenvalue weighted by molar-refractivity contribution is 0.0950. The van der Waals surface area contributed by atoms with E-state index in [0.29, 0.717) is 10.0 Å². The van der Waals surface area contributed by atoms with Crippen molar-refractivity contribution in [3.05, 3.63) is 99.8 Å². The van der Waals surface area contributed by atoms with Crippen LogP contribution in [0.2, 0.25) is 0 Å². The topological polar surface area (TPSA) is 75.3 Å². The summed E-state index contributed by atoms with van der Waals surface area (Å²) < 4.78 is 41.6. The van der Waals surface area contributed by atoms with E-state index in [4.69, 9.17) is 0 Å². The van der Waals surface area contributed by atoms with Gasteiger partial charge in [-0.25, -0.2) is 17.5 Å². The zero-order valence-electron chi connectivity index (χ0n) is 15.2. The molecule has 150 valence electrons. The monoisotopic (exact) mass is 476 g/mol. The second-order valence-electron chi connectivity index (χ2n) is 6.30. The van der Waals surface area contributed by atoms with Gasteiger partial charge in [0, 0.05) is 23.1 Å². The highest BCUT2D eigenvalue weighted by atomic mass is 79.9. The fourth-order valence-corrected chi connectivity index (χ4v) is 4.24. The van der Waals surface area contributed by atoms with E-state index in [1.807, 2.05) is 30.3 Å². The molecule has 0 aliphatic carbocycles. The summed E-state index contributed by atoms with van der Waals surface area (Å²) in [4.78, 5) is 12.4. The fraction of sp³-hybridized carbons (Fsp3) is 0.0952. The Bertz CT molecular complexity index is 1100. The van der Waals surface area contributed by atoms with Crippen LogP contribution in [0.25, 0.3) is 0 Å². The summed E-state index contributed by atoms with van der Waals surface area (Å²) in [6, 6.07) is 19.2. The van der Waals surface area contributed by atoms with Crippen LogP contribution in [0.3, 0.4) is 0 Å². The Balaban J connectivity index is 1.68. The minimum Gasteiger partial charge on any atom is -0.348 e. The molecule has 2 N–H and O–H groups in total. The fourth-order valence-electron chi connectivity index (χ4n) is 2.66. The SMILES string of the molecule is O=C(NCc1cc(F)cc(Br)c1)c1cccc(S(=O)(=O)NCc2ccccc2)c1. The third-order valence-corrected chi connectivity index (χ3v) is 5.95. The van der Waals surface area contributed by atoms with Gasteiger partial charge in [-0.05, 0) is 47.5 Å². The zero-order valence-corrected chi connectivity index (χ0v) is 17.6. The van der Waals surface area contributed by atoms with Crippen molar-refractivity contribution in [3.63, 3.8) is 0 Å². The van der Waals surface area contributed by atoms with E-state index in [1.165, 1.54) is 36.4 Å². The number of hydrogen-bond acceptors (Lipinski definition) is 3. The van der Waals surface area contributed by atoms with Crippen molar-refractivity contribution in [3.8, 4) is 0 Å². The number of amides is 1. The van der Waals surface area contributed by atoms with Crippen LogP contribution in [-0.4, -0.2) is 14.3 Å². The second-order valence-corrected chi connectivity index (χ2v) is 8.98. The van der Waals surface area contributed by atoms with Crippen molar-refractivity contribution in [1.82, 2.24) is 10.0 Å². The van der Waals surface area contributed by atoms with Crippen molar-refractivity contribution in [2.75, 3.05) is 0 Å². The zero-order chi connectivity index (χ0) is 20.9. The molecule has 3 aromatic rings. The second kappa shape index (κ2) is 9.30. The Morgan fingerprint density at radius 2 is 1.66 bits per heavy atom. The largest absolute Gasteiger partial charge is 0.348 e. The predicted molar refractivity (Wildman–Crippen MR) is 112 cm³/mol. The van der Waals surface area contributed by atoms with Gasteiger partial charge in [0.1, 0.15) is 5.82 Å². The molecule has 3 rings (SSSR count). The first-order valence-corrected chi connectivity index (χ1v) is 11.0. The number of nitrogens with one attached hydrogen (secondary N) is 2. The first kappa shape index (κ1) is 21.2. The molecule has 0 bridgehead atoms. The molecule has 0 spiro atoms. The van der Waals surface area contributed by atoms with Crippen LogP contribution in [0.15, 0.2) is 82.2 Å². The highest BCUT2D eigenvalue weighted by Crippen LogP contribution is 2.16. The average Bonchev–Trinajstić information content (AvgIpc) is 2.71. The van der Waals surface area contributed by atoms with Crippen LogP contribution < -0.4 is 10.0 Å². The van der Waals surface area contributed by atoms with Crippen LogP contribution in [0.1, 0.15) is 21.5 Å². The number of halogens is 2. The van der Waals surface area contributed by atoms with Gasteiger partial charge in [0.05, 0.1) is 4.90 Å². The van der Waals surface area contributed by atoms with Gasteiger partial charge < -0.3 is 5.32 Å². The maximum Gasteiger partial charge on any atom is 0.251 e. The van der Waals surface area contributed by atoms with Crippen LogP contribution >= 0.6 is 15.9 Å². The van der Waals surface area contributed by atoms with E-state index in [-0.39, 0.29) is 23.5 Å². The Hall–Kier alpha value is -2.55. The minimum absolute atomic E-state index is 0.00502. The molecule has 0 aliphatic heterocycles.